The van der Waals surface area contributed by atoms with Crippen molar-refractivity contribution in [2.75, 3.05) is 6.54 Å². The summed E-state index contributed by atoms with van der Waals surface area (Å²) in [6.07, 6.45) is 4.37. The Morgan fingerprint density at radius 3 is 2.79 bits per heavy atom. The van der Waals surface area contributed by atoms with Gasteiger partial charge in [0.15, 0.2) is 0 Å². The van der Waals surface area contributed by atoms with Gasteiger partial charge in [0.2, 0.25) is 0 Å². The van der Waals surface area contributed by atoms with E-state index >= 15 is 0 Å². The van der Waals surface area contributed by atoms with Crippen LogP contribution in [0.2, 0.25) is 0 Å². The van der Waals surface area contributed by atoms with E-state index in [1.807, 2.05) is 50.4 Å². The molecule has 1 N–H and O–H groups in total. The number of nitrogens with zero attached hydrogens (tertiary/aromatic N) is 1. The van der Waals surface area contributed by atoms with Crippen LogP contribution < -0.4 is 5.32 Å². The van der Waals surface area contributed by atoms with Gasteiger partial charge in [-0.2, -0.15) is 0 Å². The second-order valence-electron chi connectivity index (χ2n) is 4.69. The maximum Gasteiger partial charge on any atom is 0.251 e. The molecule has 0 radical (unpaired) electrons. The summed E-state index contributed by atoms with van der Waals surface area (Å²) in [4.78, 5) is 16.1. The van der Waals surface area contributed by atoms with Crippen molar-refractivity contribution >= 4 is 5.91 Å². The molecule has 0 spiro atoms. The third-order valence-corrected chi connectivity index (χ3v) is 3.05. The van der Waals surface area contributed by atoms with E-state index in [2.05, 4.69) is 10.3 Å². The number of carbonyl (C=O) groups is 1. The lowest BCUT2D eigenvalue weighted by atomic mass is 10.1. The molecule has 2 aromatic rings. The minimum atomic E-state index is -0.0126. The van der Waals surface area contributed by atoms with Crippen molar-refractivity contribution in [3.63, 3.8) is 0 Å². The summed E-state index contributed by atoms with van der Waals surface area (Å²) < 4.78 is 0. The summed E-state index contributed by atoms with van der Waals surface area (Å²) in [6.45, 7) is 4.61. The number of aromatic nitrogens is 1. The average Bonchev–Trinajstić information content (AvgIpc) is 2.39. The number of carbonyl (C=O) groups excluding carboxylic acids is 1. The zero-order valence-corrected chi connectivity index (χ0v) is 11.3. The Labute approximate surface area is 113 Å². The molecular weight excluding hydrogens is 236 g/mol. The van der Waals surface area contributed by atoms with Gasteiger partial charge in [-0.3, -0.25) is 9.78 Å². The van der Waals surface area contributed by atoms with Crippen molar-refractivity contribution in [3.8, 4) is 0 Å². The minimum Gasteiger partial charge on any atom is -0.352 e. The molecule has 3 heteroatoms. The first-order valence-electron chi connectivity index (χ1n) is 6.41. The Balaban J connectivity index is 1.91. The van der Waals surface area contributed by atoms with E-state index in [4.69, 9.17) is 0 Å². The van der Waals surface area contributed by atoms with Gasteiger partial charge in [-0.1, -0.05) is 23.8 Å². The van der Waals surface area contributed by atoms with Gasteiger partial charge in [0.1, 0.15) is 0 Å². The summed E-state index contributed by atoms with van der Waals surface area (Å²) in [7, 11) is 0. The normalized spacial score (nSPS) is 10.2. The van der Waals surface area contributed by atoms with E-state index in [1.54, 1.807) is 6.20 Å². The molecular formula is C16H18N2O. The lowest BCUT2D eigenvalue weighted by Crippen LogP contribution is -2.26. The predicted octanol–water partition coefficient (Wildman–Crippen LogP) is 2.67. The summed E-state index contributed by atoms with van der Waals surface area (Å²) >= 11 is 0. The number of aryl methyl sites for hydroxylation is 2. The van der Waals surface area contributed by atoms with Crippen LogP contribution in [0.15, 0.2) is 42.7 Å². The van der Waals surface area contributed by atoms with Gasteiger partial charge in [0, 0.05) is 24.5 Å². The van der Waals surface area contributed by atoms with Gasteiger partial charge in [0.05, 0.1) is 0 Å². The average molecular weight is 254 g/mol. The third-order valence-electron chi connectivity index (χ3n) is 3.05. The van der Waals surface area contributed by atoms with Crippen molar-refractivity contribution in [2.45, 2.75) is 20.3 Å². The van der Waals surface area contributed by atoms with Gasteiger partial charge in [-0.25, -0.2) is 0 Å². The zero-order valence-electron chi connectivity index (χ0n) is 11.3. The van der Waals surface area contributed by atoms with Gasteiger partial charge in [-0.05, 0) is 43.5 Å². The fourth-order valence-corrected chi connectivity index (χ4v) is 2.03. The number of rotatable bonds is 4. The monoisotopic (exact) mass is 254 g/mol. The number of amides is 1. The molecule has 0 atom stereocenters. The second kappa shape index (κ2) is 6.14. The molecule has 19 heavy (non-hydrogen) atoms. The quantitative estimate of drug-likeness (QED) is 0.911. The topological polar surface area (TPSA) is 42.0 Å². The van der Waals surface area contributed by atoms with Crippen molar-refractivity contribution in [1.29, 1.82) is 0 Å². The lowest BCUT2D eigenvalue weighted by molar-refractivity contribution is 0.0953. The number of hydrogen-bond acceptors (Lipinski definition) is 2. The predicted molar refractivity (Wildman–Crippen MR) is 76.2 cm³/mol. The Morgan fingerprint density at radius 1 is 1.26 bits per heavy atom. The van der Waals surface area contributed by atoms with Gasteiger partial charge in [-0.15, -0.1) is 0 Å². The van der Waals surface area contributed by atoms with Crippen LogP contribution >= 0.6 is 0 Å². The number of nitrogens with one attached hydrogen (secondary N) is 1. The van der Waals surface area contributed by atoms with Crippen LogP contribution in [-0.2, 0) is 6.42 Å². The fraction of sp³-hybridized carbons (Fsp3) is 0.250. The van der Waals surface area contributed by atoms with E-state index in [1.165, 1.54) is 5.56 Å². The smallest absolute Gasteiger partial charge is 0.251 e. The number of benzene rings is 1. The molecule has 0 fully saturated rings. The summed E-state index contributed by atoms with van der Waals surface area (Å²) in [5, 5.41) is 2.94. The van der Waals surface area contributed by atoms with Gasteiger partial charge >= 0.3 is 0 Å². The number of hydrogen-bond donors (Lipinski definition) is 1. The molecule has 0 saturated heterocycles. The highest BCUT2D eigenvalue weighted by Gasteiger charge is 2.07. The van der Waals surface area contributed by atoms with Crippen molar-refractivity contribution in [3.05, 3.63) is 65.0 Å². The van der Waals surface area contributed by atoms with Gasteiger partial charge < -0.3 is 5.32 Å². The Hall–Kier alpha value is -2.16. The van der Waals surface area contributed by atoms with E-state index < -0.39 is 0 Å². The van der Waals surface area contributed by atoms with Crippen LogP contribution in [0.5, 0.6) is 0 Å². The van der Waals surface area contributed by atoms with E-state index in [0.29, 0.717) is 6.54 Å². The Bertz CT molecular complexity index is 564. The van der Waals surface area contributed by atoms with E-state index in [9.17, 15) is 4.79 Å². The summed E-state index contributed by atoms with van der Waals surface area (Å²) in [5.41, 5.74) is 4.06. The maximum atomic E-state index is 12.0. The minimum absolute atomic E-state index is 0.0126. The molecule has 0 aliphatic carbocycles. The SMILES string of the molecule is Cc1ccc(C(=O)NCCc2cccnc2)c(C)c1. The van der Waals surface area contributed by atoms with Crippen LogP contribution in [0.25, 0.3) is 0 Å². The van der Waals surface area contributed by atoms with E-state index in [0.717, 1.165) is 23.1 Å². The number of pyridine rings is 1. The molecule has 0 unspecified atom stereocenters. The second-order valence-corrected chi connectivity index (χ2v) is 4.69. The highest BCUT2D eigenvalue weighted by molar-refractivity contribution is 5.95. The zero-order chi connectivity index (χ0) is 13.7. The largest absolute Gasteiger partial charge is 0.352 e. The molecule has 1 heterocycles. The molecule has 0 bridgehead atoms. The molecule has 0 saturated carbocycles. The highest BCUT2D eigenvalue weighted by Crippen LogP contribution is 2.10. The summed E-state index contributed by atoms with van der Waals surface area (Å²) in [6, 6.07) is 9.78. The highest BCUT2D eigenvalue weighted by atomic mass is 16.1. The van der Waals surface area contributed by atoms with Crippen LogP contribution in [0.3, 0.4) is 0 Å². The molecule has 2 rings (SSSR count). The van der Waals surface area contributed by atoms with Crippen LogP contribution in [0.1, 0.15) is 27.0 Å². The van der Waals surface area contributed by atoms with Gasteiger partial charge in [0.25, 0.3) is 5.91 Å². The molecule has 0 aliphatic heterocycles. The van der Waals surface area contributed by atoms with Crippen LogP contribution in [-0.4, -0.2) is 17.4 Å². The van der Waals surface area contributed by atoms with E-state index in [-0.39, 0.29) is 5.91 Å². The first-order valence-corrected chi connectivity index (χ1v) is 6.41. The molecule has 1 amide bonds. The standard InChI is InChI=1S/C16H18N2O/c1-12-5-6-15(13(2)10-12)16(19)18-9-7-14-4-3-8-17-11-14/h3-6,8,10-11H,7,9H2,1-2H3,(H,18,19). The maximum absolute atomic E-state index is 12.0. The first kappa shape index (κ1) is 13.3. The van der Waals surface area contributed by atoms with Crippen molar-refractivity contribution in [1.82, 2.24) is 10.3 Å². The molecule has 1 aromatic heterocycles. The van der Waals surface area contributed by atoms with Crippen LogP contribution in [0.4, 0.5) is 0 Å². The molecule has 0 aliphatic rings. The Kier molecular flexibility index (Phi) is 4.29. The van der Waals surface area contributed by atoms with Crippen molar-refractivity contribution < 1.29 is 4.79 Å². The molecule has 1 aromatic carbocycles. The lowest BCUT2D eigenvalue weighted by Gasteiger charge is -2.08. The van der Waals surface area contributed by atoms with Crippen LogP contribution in [0, 0.1) is 13.8 Å². The first-order chi connectivity index (χ1) is 9.16. The Morgan fingerprint density at radius 2 is 2.11 bits per heavy atom. The van der Waals surface area contributed by atoms with Crippen molar-refractivity contribution in [2.24, 2.45) is 0 Å². The fourth-order valence-electron chi connectivity index (χ4n) is 2.03. The summed E-state index contributed by atoms with van der Waals surface area (Å²) in [5.74, 6) is -0.0126. The molecule has 98 valence electrons. The third kappa shape index (κ3) is 3.65. The molecule has 3 nitrogen and oxygen atoms in total.